The number of hydrogen-bond donors (Lipinski definition) is 1. The first-order valence-corrected chi connectivity index (χ1v) is 7.07. The van der Waals surface area contributed by atoms with E-state index in [1.165, 1.54) is 5.56 Å². The van der Waals surface area contributed by atoms with Crippen LogP contribution in [0.25, 0.3) is 6.08 Å². The smallest absolute Gasteiger partial charge is 0.0650 e. The Balaban J connectivity index is 2.28. The fourth-order valence-electron chi connectivity index (χ4n) is 1.60. The molecule has 0 saturated carbocycles. The van der Waals surface area contributed by atoms with Crippen LogP contribution in [0.2, 0.25) is 0 Å². The molecule has 1 nitrogen and oxygen atoms in total. The third-order valence-electron chi connectivity index (χ3n) is 3.09. The second-order valence-electron chi connectivity index (χ2n) is 5.60. The molecule has 1 atom stereocenters. The van der Waals surface area contributed by atoms with Crippen molar-refractivity contribution >= 4 is 18.7 Å². The summed E-state index contributed by atoms with van der Waals surface area (Å²) in [5.41, 5.74) is 1.47. The number of rotatable bonds is 6. The topological polar surface area (TPSA) is 9.23 Å². The maximum Gasteiger partial charge on any atom is 0.0650 e. The van der Waals surface area contributed by atoms with Gasteiger partial charge < -0.3 is 4.74 Å². The van der Waals surface area contributed by atoms with E-state index in [0.29, 0.717) is 12.5 Å². The fourth-order valence-corrected chi connectivity index (χ4v) is 2.26. The standard InChI is InChI=1S/C16H24OS/c1-16(2,3)15(13-18)12-17-11-7-10-14-8-5-4-6-9-14/h4-10,15,18H,11-13H2,1-3H3. The molecule has 0 heterocycles. The highest BCUT2D eigenvalue weighted by Gasteiger charge is 2.22. The first-order chi connectivity index (χ1) is 8.54. The Kier molecular flexibility index (Phi) is 6.51. The predicted molar refractivity (Wildman–Crippen MR) is 83.1 cm³/mol. The maximum atomic E-state index is 5.70. The Morgan fingerprint density at radius 2 is 1.89 bits per heavy atom. The van der Waals surface area contributed by atoms with Gasteiger partial charge in [0.15, 0.2) is 0 Å². The Bertz CT molecular complexity index is 351. The SMILES string of the molecule is CC(C)(C)C(CS)COCC=Cc1ccccc1. The predicted octanol–water partition coefficient (Wildman–Crippen LogP) is 4.31. The zero-order valence-electron chi connectivity index (χ0n) is 11.6. The molecule has 0 bridgehead atoms. The van der Waals surface area contributed by atoms with Crippen molar-refractivity contribution < 1.29 is 4.74 Å². The lowest BCUT2D eigenvalue weighted by molar-refractivity contribution is 0.0835. The van der Waals surface area contributed by atoms with Crippen LogP contribution >= 0.6 is 12.6 Å². The molecule has 0 radical (unpaired) electrons. The Morgan fingerprint density at radius 1 is 1.22 bits per heavy atom. The summed E-state index contributed by atoms with van der Waals surface area (Å²) in [6, 6.07) is 10.3. The Hall–Kier alpha value is -0.730. The van der Waals surface area contributed by atoms with Gasteiger partial charge in [0.05, 0.1) is 13.2 Å². The summed E-state index contributed by atoms with van der Waals surface area (Å²) in [6.45, 7) is 8.13. The summed E-state index contributed by atoms with van der Waals surface area (Å²) in [5, 5.41) is 0. The molecule has 2 heteroatoms. The lowest BCUT2D eigenvalue weighted by atomic mass is 9.82. The molecular weight excluding hydrogens is 240 g/mol. The van der Waals surface area contributed by atoms with Gasteiger partial charge in [-0.1, -0.05) is 63.3 Å². The molecule has 1 aromatic carbocycles. The van der Waals surface area contributed by atoms with Gasteiger partial charge in [0, 0.05) is 0 Å². The zero-order chi connectivity index (χ0) is 13.4. The highest BCUT2D eigenvalue weighted by Crippen LogP contribution is 2.26. The van der Waals surface area contributed by atoms with Gasteiger partial charge in [-0.2, -0.15) is 12.6 Å². The van der Waals surface area contributed by atoms with Gasteiger partial charge in [0.1, 0.15) is 0 Å². The molecule has 0 amide bonds. The molecule has 0 saturated heterocycles. The molecule has 1 aromatic rings. The lowest BCUT2D eigenvalue weighted by Gasteiger charge is -2.28. The number of hydrogen-bond acceptors (Lipinski definition) is 2. The van der Waals surface area contributed by atoms with Gasteiger partial charge in [-0.05, 0) is 22.6 Å². The minimum absolute atomic E-state index is 0.255. The summed E-state index contributed by atoms with van der Waals surface area (Å²) in [5.74, 6) is 1.36. The van der Waals surface area contributed by atoms with E-state index in [2.05, 4.69) is 57.7 Å². The Labute approximate surface area is 117 Å². The lowest BCUT2D eigenvalue weighted by Crippen LogP contribution is -2.26. The van der Waals surface area contributed by atoms with E-state index in [-0.39, 0.29) is 5.41 Å². The van der Waals surface area contributed by atoms with Crippen LogP contribution in [0, 0.1) is 11.3 Å². The van der Waals surface area contributed by atoms with Crippen LogP contribution in [-0.4, -0.2) is 19.0 Å². The average molecular weight is 264 g/mol. The summed E-state index contributed by atoms with van der Waals surface area (Å²) < 4.78 is 5.70. The van der Waals surface area contributed by atoms with Gasteiger partial charge in [-0.15, -0.1) is 0 Å². The molecule has 0 aromatic heterocycles. The van der Waals surface area contributed by atoms with E-state index in [0.717, 1.165) is 12.4 Å². The van der Waals surface area contributed by atoms with Crippen LogP contribution in [-0.2, 0) is 4.74 Å². The molecule has 1 rings (SSSR count). The summed E-state index contributed by atoms with van der Waals surface area (Å²) in [4.78, 5) is 0. The second-order valence-corrected chi connectivity index (χ2v) is 5.96. The van der Waals surface area contributed by atoms with E-state index in [1.807, 2.05) is 18.2 Å². The molecule has 18 heavy (non-hydrogen) atoms. The van der Waals surface area contributed by atoms with Crippen LogP contribution in [0.5, 0.6) is 0 Å². The van der Waals surface area contributed by atoms with Crippen molar-refractivity contribution in [1.82, 2.24) is 0 Å². The van der Waals surface area contributed by atoms with Gasteiger partial charge in [0.25, 0.3) is 0 Å². The largest absolute Gasteiger partial charge is 0.377 e. The van der Waals surface area contributed by atoms with Gasteiger partial charge in [-0.25, -0.2) is 0 Å². The van der Waals surface area contributed by atoms with Crippen LogP contribution in [0.1, 0.15) is 26.3 Å². The van der Waals surface area contributed by atoms with Gasteiger partial charge >= 0.3 is 0 Å². The van der Waals surface area contributed by atoms with E-state index >= 15 is 0 Å². The molecule has 0 spiro atoms. The molecule has 0 N–H and O–H groups in total. The molecule has 0 aliphatic rings. The molecule has 1 unspecified atom stereocenters. The minimum atomic E-state index is 0.255. The molecule has 0 aliphatic carbocycles. The van der Waals surface area contributed by atoms with Crippen molar-refractivity contribution in [2.45, 2.75) is 20.8 Å². The van der Waals surface area contributed by atoms with Gasteiger partial charge in [0.2, 0.25) is 0 Å². The third kappa shape index (κ3) is 5.74. The first-order valence-electron chi connectivity index (χ1n) is 6.44. The molecular formula is C16H24OS. The van der Waals surface area contributed by atoms with Crippen LogP contribution in [0.15, 0.2) is 36.4 Å². The monoisotopic (exact) mass is 264 g/mol. The quantitative estimate of drug-likeness (QED) is 0.595. The highest BCUT2D eigenvalue weighted by molar-refractivity contribution is 7.80. The minimum Gasteiger partial charge on any atom is -0.377 e. The van der Waals surface area contributed by atoms with E-state index in [1.54, 1.807) is 0 Å². The van der Waals surface area contributed by atoms with Crippen molar-refractivity contribution in [3.05, 3.63) is 42.0 Å². The molecule has 0 fully saturated rings. The van der Waals surface area contributed by atoms with Crippen LogP contribution < -0.4 is 0 Å². The average Bonchev–Trinajstić information content (AvgIpc) is 2.33. The van der Waals surface area contributed by atoms with Gasteiger partial charge in [-0.3, -0.25) is 0 Å². The molecule has 0 aliphatic heterocycles. The third-order valence-corrected chi connectivity index (χ3v) is 3.53. The van der Waals surface area contributed by atoms with Crippen molar-refractivity contribution in [2.75, 3.05) is 19.0 Å². The van der Waals surface area contributed by atoms with E-state index in [9.17, 15) is 0 Å². The molecule has 100 valence electrons. The van der Waals surface area contributed by atoms with Crippen molar-refractivity contribution in [3.63, 3.8) is 0 Å². The van der Waals surface area contributed by atoms with E-state index in [4.69, 9.17) is 4.74 Å². The first kappa shape index (κ1) is 15.3. The van der Waals surface area contributed by atoms with Crippen molar-refractivity contribution in [2.24, 2.45) is 11.3 Å². The number of thiol groups is 1. The summed E-state index contributed by atoms with van der Waals surface area (Å²) in [6.07, 6.45) is 4.15. The Morgan fingerprint density at radius 3 is 2.44 bits per heavy atom. The normalized spacial score (nSPS) is 14.0. The van der Waals surface area contributed by atoms with Crippen molar-refractivity contribution in [3.8, 4) is 0 Å². The number of ether oxygens (including phenoxy) is 1. The number of benzene rings is 1. The zero-order valence-corrected chi connectivity index (χ0v) is 12.5. The maximum absolute atomic E-state index is 5.70. The van der Waals surface area contributed by atoms with Crippen LogP contribution in [0.4, 0.5) is 0 Å². The van der Waals surface area contributed by atoms with Crippen LogP contribution in [0.3, 0.4) is 0 Å². The second kappa shape index (κ2) is 7.65. The highest BCUT2D eigenvalue weighted by atomic mass is 32.1. The summed E-state index contributed by atoms with van der Waals surface area (Å²) >= 11 is 4.39. The fraction of sp³-hybridized carbons (Fsp3) is 0.500. The summed E-state index contributed by atoms with van der Waals surface area (Å²) in [7, 11) is 0. The van der Waals surface area contributed by atoms with Crippen molar-refractivity contribution in [1.29, 1.82) is 0 Å². The van der Waals surface area contributed by atoms with E-state index < -0.39 is 0 Å².